The van der Waals surface area contributed by atoms with Gasteiger partial charge in [-0.2, -0.15) is 0 Å². The van der Waals surface area contributed by atoms with Gasteiger partial charge in [-0.05, 0) is 55.2 Å². The van der Waals surface area contributed by atoms with Gasteiger partial charge in [0.05, 0.1) is 7.11 Å². The molecule has 1 aromatic rings. The standard InChI is InChI=1S/C17H21NO3/c1-20-15-5-4-12(14(9-18)10-19)8-17(15)21-16-7-11-2-3-13(16)6-11/h4-5,8-11,13,16H,2-3,6-7,18H2,1H3/b14-9-. The van der Waals surface area contributed by atoms with Crippen LogP contribution in [0.3, 0.4) is 0 Å². The Bertz CT molecular complexity index is 567. The molecule has 21 heavy (non-hydrogen) atoms. The zero-order valence-electron chi connectivity index (χ0n) is 12.2. The molecule has 3 atom stereocenters. The number of methoxy groups -OCH3 is 1. The number of benzene rings is 1. The molecule has 4 nitrogen and oxygen atoms in total. The summed E-state index contributed by atoms with van der Waals surface area (Å²) in [5, 5.41) is 0. The molecule has 0 heterocycles. The lowest BCUT2D eigenvalue weighted by molar-refractivity contribution is -0.103. The maximum atomic E-state index is 11.0. The summed E-state index contributed by atoms with van der Waals surface area (Å²) < 4.78 is 11.6. The summed E-state index contributed by atoms with van der Waals surface area (Å²) in [5.41, 5.74) is 6.69. The van der Waals surface area contributed by atoms with E-state index in [0.29, 0.717) is 23.0 Å². The predicted molar refractivity (Wildman–Crippen MR) is 81.1 cm³/mol. The Hall–Kier alpha value is -1.97. The summed E-state index contributed by atoms with van der Waals surface area (Å²) in [6.45, 7) is 0. The van der Waals surface area contributed by atoms with Crippen molar-refractivity contribution < 1.29 is 14.3 Å². The van der Waals surface area contributed by atoms with Crippen molar-refractivity contribution in [2.45, 2.75) is 31.8 Å². The minimum Gasteiger partial charge on any atom is -0.493 e. The molecule has 112 valence electrons. The fourth-order valence-electron chi connectivity index (χ4n) is 3.65. The predicted octanol–water partition coefficient (Wildman–Crippen LogP) is 2.76. The van der Waals surface area contributed by atoms with Gasteiger partial charge in [-0.3, -0.25) is 4.79 Å². The summed E-state index contributed by atoms with van der Waals surface area (Å²) >= 11 is 0. The number of carbonyl (C=O) groups is 1. The summed E-state index contributed by atoms with van der Waals surface area (Å²) in [4.78, 5) is 11.0. The highest BCUT2D eigenvalue weighted by Crippen LogP contribution is 2.47. The van der Waals surface area contributed by atoms with E-state index in [9.17, 15) is 4.79 Å². The highest BCUT2D eigenvalue weighted by molar-refractivity contribution is 6.06. The molecule has 0 saturated heterocycles. The SMILES string of the molecule is COc1ccc(/C(C=O)=C\N)cc1OC1CC2CCC1C2. The van der Waals surface area contributed by atoms with E-state index < -0.39 is 0 Å². The van der Waals surface area contributed by atoms with Gasteiger partial charge >= 0.3 is 0 Å². The summed E-state index contributed by atoms with van der Waals surface area (Å²) in [6, 6.07) is 5.49. The number of hydrogen-bond acceptors (Lipinski definition) is 4. The van der Waals surface area contributed by atoms with Crippen LogP contribution in [0.1, 0.15) is 31.2 Å². The molecular formula is C17H21NO3. The molecule has 4 heteroatoms. The van der Waals surface area contributed by atoms with E-state index >= 15 is 0 Å². The Kier molecular flexibility index (Phi) is 3.86. The molecule has 3 unspecified atom stereocenters. The highest BCUT2D eigenvalue weighted by Gasteiger charge is 2.41. The molecule has 2 fully saturated rings. The molecule has 3 rings (SSSR count). The Morgan fingerprint density at radius 3 is 2.71 bits per heavy atom. The minimum atomic E-state index is 0.273. The van der Waals surface area contributed by atoms with E-state index in [4.69, 9.17) is 15.2 Å². The van der Waals surface area contributed by atoms with E-state index in [1.807, 2.05) is 18.2 Å². The van der Waals surface area contributed by atoms with Crippen LogP contribution in [0.4, 0.5) is 0 Å². The molecule has 2 N–H and O–H groups in total. The fraction of sp³-hybridized carbons (Fsp3) is 0.471. The first kappa shape index (κ1) is 14.0. The van der Waals surface area contributed by atoms with Gasteiger partial charge in [-0.25, -0.2) is 0 Å². The van der Waals surface area contributed by atoms with Crippen LogP contribution in [0.5, 0.6) is 11.5 Å². The highest BCUT2D eigenvalue weighted by atomic mass is 16.5. The van der Waals surface area contributed by atoms with Crippen molar-refractivity contribution in [3.63, 3.8) is 0 Å². The summed E-state index contributed by atoms with van der Waals surface area (Å²) in [5.74, 6) is 2.89. The number of allylic oxidation sites excluding steroid dienone is 1. The maximum absolute atomic E-state index is 11.0. The van der Waals surface area contributed by atoms with Crippen LogP contribution in [-0.4, -0.2) is 19.5 Å². The fourth-order valence-corrected chi connectivity index (χ4v) is 3.65. The molecule has 0 aromatic heterocycles. The molecule has 0 amide bonds. The molecular weight excluding hydrogens is 266 g/mol. The Balaban J connectivity index is 1.85. The van der Waals surface area contributed by atoms with Crippen LogP contribution < -0.4 is 15.2 Å². The van der Waals surface area contributed by atoms with Crippen molar-refractivity contribution in [2.75, 3.05) is 7.11 Å². The van der Waals surface area contributed by atoms with Crippen LogP contribution in [0.15, 0.2) is 24.4 Å². The lowest BCUT2D eigenvalue weighted by Crippen LogP contribution is -2.23. The average Bonchev–Trinajstić information content (AvgIpc) is 3.11. The van der Waals surface area contributed by atoms with E-state index in [1.54, 1.807) is 7.11 Å². The first-order chi connectivity index (χ1) is 10.2. The Morgan fingerprint density at radius 1 is 1.29 bits per heavy atom. The van der Waals surface area contributed by atoms with E-state index in [-0.39, 0.29) is 6.10 Å². The maximum Gasteiger partial charge on any atom is 0.162 e. The normalized spacial score (nSPS) is 27.7. The second-order valence-electron chi connectivity index (χ2n) is 5.94. The third-order valence-corrected chi connectivity index (χ3v) is 4.76. The number of nitrogens with two attached hydrogens (primary N) is 1. The van der Waals surface area contributed by atoms with Crippen LogP contribution in [0, 0.1) is 11.8 Å². The molecule has 2 bridgehead atoms. The monoisotopic (exact) mass is 287 g/mol. The molecule has 2 aliphatic carbocycles. The van der Waals surface area contributed by atoms with Crippen LogP contribution in [-0.2, 0) is 4.79 Å². The number of hydrogen-bond donors (Lipinski definition) is 1. The summed E-state index contributed by atoms with van der Waals surface area (Å²) in [7, 11) is 1.63. The summed E-state index contributed by atoms with van der Waals surface area (Å²) in [6.07, 6.45) is 7.36. The van der Waals surface area contributed by atoms with Crippen LogP contribution >= 0.6 is 0 Å². The molecule has 0 aliphatic heterocycles. The number of aldehydes is 1. The van der Waals surface area contributed by atoms with Crippen molar-refractivity contribution in [1.29, 1.82) is 0 Å². The number of rotatable bonds is 5. The van der Waals surface area contributed by atoms with E-state index in [0.717, 1.165) is 24.2 Å². The molecule has 0 radical (unpaired) electrons. The lowest BCUT2D eigenvalue weighted by atomic mass is 9.97. The van der Waals surface area contributed by atoms with Gasteiger partial charge in [-0.1, -0.05) is 6.07 Å². The molecule has 1 aromatic carbocycles. The van der Waals surface area contributed by atoms with Gasteiger partial charge in [0.15, 0.2) is 17.8 Å². The minimum absolute atomic E-state index is 0.273. The van der Waals surface area contributed by atoms with E-state index in [1.165, 1.54) is 25.5 Å². The van der Waals surface area contributed by atoms with Crippen molar-refractivity contribution in [3.8, 4) is 11.5 Å². The van der Waals surface area contributed by atoms with Gasteiger partial charge in [0.1, 0.15) is 6.10 Å². The first-order valence-electron chi connectivity index (χ1n) is 7.47. The van der Waals surface area contributed by atoms with Crippen LogP contribution in [0.2, 0.25) is 0 Å². The third-order valence-electron chi connectivity index (χ3n) is 4.76. The zero-order chi connectivity index (χ0) is 14.8. The molecule has 2 aliphatic rings. The third kappa shape index (κ3) is 2.62. The zero-order valence-corrected chi connectivity index (χ0v) is 12.2. The van der Waals surface area contributed by atoms with Crippen molar-refractivity contribution in [2.24, 2.45) is 17.6 Å². The first-order valence-corrected chi connectivity index (χ1v) is 7.47. The lowest BCUT2D eigenvalue weighted by Gasteiger charge is -2.24. The molecule has 0 spiro atoms. The number of carbonyl (C=O) groups excluding carboxylic acids is 1. The Labute approximate surface area is 124 Å². The average molecular weight is 287 g/mol. The Morgan fingerprint density at radius 2 is 2.14 bits per heavy atom. The van der Waals surface area contributed by atoms with Crippen LogP contribution in [0.25, 0.3) is 5.57 Å². The molecule has 2 saturated carbocycles. The quantitative estimate of drug-likeness (QED) is 0.668. The second kappa shape index (κ2) is 5.80. The largest absolute Gasteiger partial charge is 0.493 e. The second-order valence-corrected chi connectivity index (χ2v) is 5.94. The topological polar surface area (TPSA) is 61.5 Å². The van der Waals surface area contributed by atoms with Gasteiger partial charge in [0, 0.05) is 11.8 Å². The van der Waals surface area contributed by atoms with Gasteiger partial charge < -0.3 is 15.2 Å². The van der Waals surface area contributed by atoms with E-state index in [2.05, 4.69) is 0 Å². The smallest absolute Gasteiger partial charge is 0.162 e. The number of ether oxygens (including phenoxy) is 2. The van der Waals surface area contributed by atoms with Crippen molar-refractivity contribution >= 4 is 11.9 Å². The number of fused-ring (bicyclic) bond motifs is 2. The van der Waals surface area contributed by atoms with Gasteiger partial charge in [0.25, 0.3) is 0 Å². The van der Waals surface area contributed by atoms with Crippen molar-refractivity contribution in [3.05, 3.63) is 30.0 Å². The van der Waals surface area contributed by atoms with Crippen molar-refractivity contribution in [1.82, 2.24) is 0 Å². The van der Waals surface area contributed by atoms with Gasteiger partial charge in [0.2, 0.25) is 0 Å². The van der Waals surface area contributed by atoms with Gasteiger partial charge in [-0.15, -0.1) is 0 Å².